The van der Waals surface area contributed by atoms with Gasteiger partial charge < -0.3 is 15.4 Å². The van der Waals surface area contributed by atoms with Crippen LogP contribution in [0.5, 0.6) is 5.88 Å². The molecule has 2 amide bonds. The number of carbonyl (C=O) groups excluding carboxylic acids is 1. The number of ether oxygens (including phenoxy) is 1. The van der Waals surface area contributed by atoms with Crippen LogP contribution < -0.4 is 15.4 Å². The lowest BCUT2D eigenvalue weighted by Gasteiger charge is -2.04. The molecule has 1 heterocycles. The molecule has 0 saturated carbocycles. The van der Waals surface area contributed by atoms with Crippen molar-refractivity contribution in [3.05, 3.63) is 60.4 Å². The Kier molecular flexibility index (Phi) is 4.72. The van der Waals surface area contributed by atoms with E-state index in [2.05, 4.69) is 15.6 Å². The van der Waals surface area contributed by atoms with Gasteiger partial charge in [-0.2, -0.15) is 0 Å². The molecule has 0 radical (unpaired) electrons. The number of hydrogen-bond acceptors (Lipinski definition) is 3. The lowest BCUT2D eigenvalue weighted by atomic mass is 10.2. The SMILES string of the molecule is COc1ccc(NC(=O)NC=Cc2ccccc2)cn1. The number of pyridine rings is 1. The molecule has 0 aliphatic heterocycles. The van der Waals surface area contributed by atoms with Crippen molar-refractivity contribution >= 4 is 17.8 Å². The van der Waals surface area contributed by atoms with Gasteiger partial charge in [0, 0.05) is 12.3 Å². The number of anilines is 1. The van der Waals surface area contributed by atoms with Crippen LogP contribution in [0, 0.1) is 0 Å². The number of methoxy groups -OCH3 is 1. The van der Waals surface area contributed by atoms with Gasteiger partial charge in [-0.15, -0.1) is 0 Å². The molecule has 102 valence electrons. The smallest absolute Gasteiger partial charge is 0.323 e. The minimum Gasteiger partial charge on any atom is -0.481 e. The summed E-state index contributed by atoms with van der Waals surface area (Å²) in [7, 11) is 1.54. The highest BCUT2D eigenvalue weighted by molar-refractivity contribution is 5.90. The highest BCUT2D eigenvalue weighted by atomic mass is 16.5. The van der Waals surface area contributed by atoms with E-state index in [-0.39, 0.29) is 6.03 Å². The van der Waals surface area contributed by atoms with E-state index in [1.165, 1.54) is 13.3 Å². The number of nitrogens with one attached hydrogen (secondary N) is 2. The topological polar surface area (TPSA) is 63.2 Å². The van der Waals surface area contributed by atoms with Crippen molar-refractivity contribution in [3.8, 4) is 5.88 Å². The van der Waals surface area contributed by atoms with Crippen LogP contribution in [0.15, 0.2) is 54.9 Å². The first-order valence-corrected chi connectivity index (χ1v) is 6.07. The standard InChI is InChI=1S/C15H15N3O2/c1-20-14-8-7-13(11-17-14)18-15(19)16-10-9-12-5-3-2-4-6-12/h2-11H,1H3,(H2,16,18,19). The predicted molar refractivity (Wildman–Crippen MR) is 78.4 cm³/mol. The number of benzene rings is 1. The third-order valence-electron chi connectivity index (χ3n) is 2.49. The van der Waals surface area contributed by atoms with Gasteiger partial charge >= 0.3 is 6.03 Å². The zero-order chi connectivity index (χ0) is 14.2. The second kappa shape index (κ2) is 6.94. The van der Waals surface area contributed by atoms with Gasteiger partial charge in [0.25, 0.3) is 0 Å². The Labute approximate surface area is 117 Å². The maximum atomic E-state index is 11.6. The number of carbonyl (C=O) groups is 1. The number of nitrogens with zero attached hydrogens (tertiary/aromatic N) is 1. The first-order valence-electron chi connectivity index (χ1n) is 6.07. The molecule has 0 fully saturated rings. The Morgan fingerprint density at radius 1 is 1.20 bits per heavy atom. The highest BCUT2D eigenvalue weighted by Crippen LogP contribution is 2.10. The van der Waals surface area contributed by atoms with Crippen LogP contribution in [0.1, 0.15) is 5.56 Å². The molecule has 0 unspecified atom stereocenters. The molecule has 0 atom stereocenters. The molecule has 2 aromatic rings. The van der Waals surface area contributed by atoms with Gasteiger partial charge in [-0.05, 0) is 17.7 Å². The van der Waals surface area contributed by atoms with E-state index in [9.17, 15) is 4.79 Å². The maximum absolute atomic E-state index is 11.6. The average molecular weight is 269 g/mol. The second-order valence-corrected chi connectivity index (χ2v) is 3.93. The average Bonchev–Trinajstić information content (AvgIpc) is 2.49. The van der Waals surface area contributed by atoms with Crippen LogP contribution >= 0.6 is 0 Å². The zero-order valence-electron chi connectivity index (χ0n) is 11.0. The van der Waals surface area contributed by atoms with E-state index >= 15 is 0 Å². The molecule has 1 aromatic carbocycles. The number of amides is 2. The molecule has 5 heteroatoms. The van der Waals surface area contributed by atoms with E-state index in [1.807, 2.05) is 36.4 Å². The van der Waals surface area contributed by atoms with Crippen molar-refractivity contribution in [2.24, 2.45) is 0 Å². The molecular formula is C15H15N3O2. The molecule has 0 aliphatic carbocycles. The van der Waals surface area contributed by atoms with Crippen LogP contribution in [-0.2, 0) is 0 Å². The maximum Gasteiger partial charge on any atom is 0.323 e. The van der Waals surface area contributed by atoms with E-state index in [1.54, 1.807) is 18.3 Å². The minimum atomic E-state index is -0.329. The van der Waals surface area contributed by atoms with Crippen LogP contribution in [0.3, 0.4) is 0 Å². The summed E-state index contributed by atoms with van der Waals surface area (Å²) >= 11 is 0. The zero-order valence-corrected chi connectivity index (χ0v) is 11.0. The lowest BCUT2D eigenvalue weighted by Crippen LogP contribution is -2.23. The molecule has 20 heavy (non-hydrogen) atoms. The Balaban J connectivity index is 1.84. The third-order valence-corrected chi connectivity index (χ3v) is 2.49. The van der Waals surface area contributed by atoms with Gasteiger partial charge in [0.1, 0.15) is 0 Å². The van der Waals surface area contributed by atoms with E-state index < -0.39 is 0 Å². The summed E-state index contributed by atoms with van der Waals surface area (Å²) in [6.07, 6.45) is 4.92. The molecule has 5 nitrogen and oxygen atoms in total. The molecule has 2 rings (SSSR count). The van der Waals surface area contributed by atoms with Crippen LogP contribution in [0.2, 0.25) is 0 Å². The summed E-state index contributed by atoms with van der Waals surface area (Å²) < 4.78 is 4.94. The monoisotopic (exact) mass is 269 g/mol. The first kappa shape index (κ1) is 13.6. The fourth-order valence-electron chi connectivity index (χ4n) is 1.52. The molecular weight excluding hydrogens is 254 g/mol. The highest BCUT2D eigenvalue weighted by Gasteiger charge is 2.00. The van der Waals surface area contributed by atoms with Gasteiger partial charge in [0.05, 0.1) is 19.0 Å². The Hall–Kier alpha value is -2.82. The number of aromatic nitrogens is 1. The van der Waals surface area contributed by atoms with Crippen molar-refractivity contribution in [2.75, 3.05) is 12.4 Å². The number of urea groups is 1. The Morgan fingerprint density at radius 2 is 2.00 bits per heavy atom. The van der Waals surface area contributed by atoms with Crippen LogP contribution in [0.25, 0.3) is 6.08 Å². The fraction of sp³-hybridized carbons (Fsp3) is 0.0667. The lowest BCUT2D eigenvalue weighted by molar-refractivity contribution is 0.255. The summed E-state index contributed by atoms with van der Waals surface area (Å²) in [6.45, 7) is 0. The van der Waals surface area contributed by atoms with Crippen LogP contribution in [0.4, 0.5) is 10.5 Å². The summed E-state index contributed by atoms with van der Waals surface area (Å²) in [5.74, 6) is 0.500. The van der Waals surface area contributed by atoms with Gasteiger partial charge in [-0.3, -0.25) is 0 Å². The van der Waals surface area contributed by atoms with E-state index in [0.717, 1.165) is 5.56 Å². The molecule has 0 spiro atoms. The number of rotatable bonds is 4. The second-order valence-electron chi connectivity index (χ2n) is 3.93. The van der Waals surface area contributed by atoms with Crippen molar-refractivity contribution in [2.45, 2.75) is 0 Å². The minimum absolute atomic E-state index is 0.329. The van der Waals surface area contributed by atoms with Gasteiger partial charge in [0.15, 0.2) is 0 Å². The third kappa shape index (κ3) is 4.13. The first-order chi connectivity index (χ1) is 9.78. The summed E-state index contributed by atoms with van der Waals surface area (Å²) in [5.41, 5.74) is 1.61. The van der Waals surface area contributed by atoms with Gasteiger partial charge in [0.2, 0.25) is 5.88 Å². The Morgan fingerprint density at radius 3 is 2.65 bits per heavy atom. The van der Waals surface area contributed by atoms with Crippen molar-refractivity contribution in [1.29, 1.82) is 0 Å². The molecule has 0 aliphatic rings. The molecule has 0 saturated heterocycles. The van der Waals surface area contributed by atoms with E-state index in [0.29, 0.717) is 11.6 Å². The summed E-state index contributed by atoms with van der Waals surface area (Å²) in [4.78, 5) is 15.6. The van der Waals surface area contributed by atoms with Crippen molar-refractivity contribution in [1.82, 2.24) is 10.3 Å². The largest absolute Gasteiger partial charge is 0.481 e. The van der Waals surface area contributed by atoms with Gasteiger partial charge in [-0.25, -0.2) is 9.78 Å². The normalized spacial score (nSPS) is 10.2. The summed E-state index contributed by atoms with van der Waals surface area (Å²) in [6, 6.07) is 12.8. The van der Waals surface area contributed by atoms with E-state index in [4.69, 9.17) is 4.74 Å². The van der Waals surface area contributed by atoms with Crippen LogP contribution in [-0.4, -0.2) is 18.1 Å². The molecule has 0 bridgehead atoms. The molecule has 1 aromatic heterocycles. The fourth-order valence-corrected chi connectivity index (χ4v) is 1.52. The number of hydrogen-bond donors (Lipinski definition) is 2. The van der Waals surface area contributed by atoms with Crippen molar-refractivity contribution in [3.63, 3.8) is 0 Å². The van der Waals surface area contributed by atoms with Crippen molar-refractivity contribution < 1.29 is 9.53 Å². The molecule has 2 N–H and O–H groups in total. The predicted octanol–water partition coefficient (Wildman–Crippen LogP) is 2.88. The van der Waals surface area contributed by atoms with Gasteiger partial charge in [-0.1, -0.05) is 30.3 Å². The quantitative estimate of drug-likeness (QED) is 0.897. The summed E-state index contributed by atoms with van der Waals surface area (Å²) in [5, 5.41) is 5.28. The Bertz CT molecular complexity index is 580.